The second-order valence-electron chi connectivity index (χ2n) is 4.17. The van der Waals surface area contributed by atoms with E-state index in [0.717, 1.165) is 4.47 Å². The Hall–Kier alpha value is -1.11. The van der Waals surface area contributed by atoms with Crippen molar-refractivity contribution in [1.82, 2.24) is 4.90 Å². The predicted octanol–water partition coefficient (Wildman–Crippen LogP) is 1.44. The van der Waals surface area contributed by atoms with E-state index in [1.54, 1.807) is 23.1 Å². The van der Waals surface area contributed by atoms with Gasteiger partial charge in [-0.15, -0.1) is 0 Å². The first kappa shape index (κ1) is 13.3. The minimum absolute atomic E-state index is 0.175. The van der Waals surface area contributed by atoms with Crippen molar-refractivity contribution in [2.45, 2.75) is 12.6 Å². The fourth-order valence-corrected chi connectivity index (χ4v) is 2.36. The van der Waals surface area contributed by atoms with Crippen LogP contribution in [0, 0.1) is 0 Å². The van der Waals surface area contributed by atoms with Crippen LogP contribution in [0.15, 0.2) is 22.7 Å². The van der Waals surface area contributed by atoms with Gasteiger partial charge in [-0.1, -0.05) is 15.9 Å². The van der Waals surface area contributed by atoms with Gasteiger partial charge >= 0.3 is 5.97 Å². The summed E-state index contributed by atoms with van der Waals surface area (Å²) in [5.74, 6) is -0.724. The van der Waals surface area contributed by atoms with Crippen LogP contribution in [-0.4, -0.2) is 46.9 Å². The Morgan fingerprint density at radius 1 is 1.56 bits per heavy atom. The van der Waals surface area contributed by atoms with Crippen molar-refractivity contribution in [2.75, 3.05) is 19.8 Å². The average Bonchev–Trinajstić information content (AvgIpc) is 2.34. The lowest BCUT2D eigenvalue weighted by molar-refractivity contribution is -0.150. The predicted molar refractivity (Wildman–Crippen MR) is 68.5 cm³/mol. The molecule has 1 aromatic carbocycles. The number of aliphatic carboxylic acids is 1. The highest BCUT2D eigenvalue weighted by Crippen LogP contribution is 2.24. The van der Waals surface area contributed by atoms with Crippen LogP contribution in [0.3, 0.4) is 0 Å². The van der Waals surface area contributed by atoms with Crippen LogP contribution >= 0.6 is 15.9 Å². The van der Waals surface area contributed by atoms with E-state index < -0.39 is 12.0 Å². The zero-order valence-electron chi connectivity index (χ0n) is 9.67. The van der Waals surface area contributed by atoms with E-state index in [0.29, 0.717) is 25.3 Å². The van der Waals surface area contributed by atoms with E-state index in [1.807, 2.05) is 0 Å². The van der Waals surface area contributed by atoms with E-state index in [1.165, 1.54) is 0 Å². The van der Waals surface area contributed by atoms with Crippen molar-refractivity contribution in [3.05, 3.63) is 28.2 Å². The molecule has 1 atom stereocenters. The van der Waals surface area contributed by atoms with E-state index in [9.17, 15) is 9.90 Å². The molecule has 1 aromatic rings. The maximum atomic E-state index is 11.1. The number of carboxylic acids is 1. The summed E-state index contributed by atoms with van der Waals surface area (Å²) in [4.78, 5) is 12.9. The lowest BCUT2D eigenvalue weighted by Gasteiger charge is -2.32. The van der Waals surface area contributed by atoms with Gasteiger partial charge in [-0.25, -0.2) is 0 Å². The average molecular weight is 316 g/mol. The third-order valence-corrected chi connectivity index (χ3v) is 3.43. The Balaban J connectivity index is 2.15. The summed E-state index contributed by atoms with van der Waals surface area (Å²) in [6.45, 7) is 1.64. The molecule has 0 aromatic heterocycles. The molecule has 2 rings (SSSR count). The number of aromatic hydroxyl groups is 1. The first-order valence-corrected chi connectivity index (χ1v) is 6.39. The molecule has 2 N–H and O–H groups in total. The first-order valence-electron chi connectivity index (χ1n) is 5.60. The molecule has 6 heteroatoms. The minimum atomic E-state index is -0.899. The number of morpholine rings is 1. The number of rotatable bonds is 3. The molecule has 18 heavy (non-hydrogen) atoms. The first-order chi connectivity index (χ1) is 8.58. The summed E-state index contributed by atoms with van der Waals surface area (Å²) in [6, 6.07) is 4.48. The number of benzene rings is 1. The third-order valence-electron chi connectivity index (χ3n) is 2.94. The molecule has 1 aliphatic heterocycles. The van der Waals surface area contributed by atoms with Crippen LogP contribution in [0.25, 0.3) is 0 Å². The number of hydrogen-bond donors (Lipinski definition) is 2. The monoisotopic (exact) mass is 315 g/mol. The van der Waals surface area contributed by atoms with Crippen LogP contribution in [0.2, 0.25) is 0 Å². The van der Waals surface area contributed by atoms with Crippen LogP contribution in [0.4, 0.5) is 0 Å². The highest BCUT2D eigenvalue weighted by Gasteiger charge is 2.29. The molecular weight excluding hydrogens is 302 g/mol. The van der Waals surface area contributed by atoms with Crippen molar-refractivity contribution >= 4 is 21.9 Å². The standard InChI is InChI=1S/C12H14BrNO4/c13-9-1-2-11(15)8(5-9)6-14-3-4-18-7-10(14)12(16)17/h1-2,5,10,15H,3-4,6-7H2,(H,16,17). The van der Waals surface area contributed by atoms with Gasteiger partial charge < -0.3 is 14.9 Å². The lowest BCUT2D eigenvalue weighted by Crippen LogP contribution is -2.49. The van der Waals surface area contributed by atoms with Crippen molar-refractivity contribution in [1.29, 1.82) is 0 Å². The minimum Gasteiger partial charge on any atom is -0.508 e. The quantitative estimate of drug-likeness (QED) is 0.883. The van der Waals surface area contributed by atoms with Gasteiger partial charge in [0.15, 0.2) is 0 Å². The second-order valence-corrected chi connectivity index (χ2v) is 5.09. The maximum absolute atomic E-state index is 11.1. The molecule has 0 spiro atoms. The molecule has 98 valence electrons. The summed E-state index contributed by atoms with van der Waals surface area (Å²) in [7, 11) is 0. The molecule has 1 heterocycles. The van der Waals surface area contributed by atoms with Gasteiger partial charge in [-0.2, -0.15) is 0 Å². The zero-order chi connectivity index (χ0) is 13.1. The topological polar surface area (TPSA) is 70.0 Å². The molecule has 0 bridgehead atoms. The van der Waals surface area contributed by atoms with Crippen LogP contribution in [0.5, 0.6) is 5.75 Å². The fraction of sp³-hybridized carbons (Fsp3) is 0.417. The normalized spacial score (nSPS) is 20.8. The van der Waals surface area contributed by atoms with Gasteiger partial charge in [0, 0.05) is 23.1 Å². The highest BCUT2D eigenvalue weighted by atomic mass is 79.9. The molecule has 0 aliphatic carbocycles. The summed E-state index contributed by atoms with van der Waals surface area (Å²) in [6.07, 6.45) is 0. The van der Waals surface area contributed by atoms with Crippen molar-refractivity contribution in [3.63, 3.8) is 0 Å². The van der Waals surface area contributed by atoms with Gasteiger partial charge in [-0.05, 0) is 18.2 Å². The smallest absolute Gasteiger partial charge is 0.323 e. The lowest BCUT2D eigenvalue weighted by atomic mass is 10.1. The number of phenolic OH excluding ortho intramolecular Hbond substituents is 1. The molecule has 0 radical (unpaired) electrons. The number of phenols is 1. The SMILES string of the molecule is O=C(O)C1COCCN1Cc1cc(Br)ccc1O. The number of carboxylic acid groups (broad SMARTS) is 1. The van der Waals surface area contributed by atoms with Crippen molar-refractivity contribution in [3.8, 4) is 5.75 Å². The summed E-state index contributed by atoms with van der Waals surface area (Å²) in [5.41, 5.74) is 0.706. The fourth-order valence-electron chi connectivity index (χ4n) is 1.95. The Bertz CT molecular complexity index is 452. The molecule has 0 saturated carbocycles. The van der Waals surface area contributed by atoms with E-state index in [2.05, 4.69) is 15.9 Å². The molecule has 1 fully saturated rings. The Kier molecular flexibility index (Phi) is 4.21. The number of nitrogens with zero attached hydrogens (tertiary/aromatic N) is 1. The number of ether oxygens (including phenoxy) is 1. The van der Waals surface area contributed by atoms with Crippen molar-refractivity contribution < 1.29 is 19.7 Å². The largest absolute Gasteiger partial charge is 0.508 e. The van der Waals surface area contributed by atoms with Gasteiger partial charge in [0.05, 0.1) is 13.2 Å². The van der Waals surface area contributed by atoms with Gasteiger partial charge in [0.2, 0.25) is 0 Å². The van der Waals surface area contributed by atoms with Crippen molar-refractivity contribution in [2.24, 2.45) is 0 Å². The number of carbonyl (C=O) groups is 1. The van der Waals surface area contributed by atoms with Gasteiger partial charge in [0.1, 0.15) is 11.8 Å². The van der Waals surface area contributed by atoms with E-state index in [-0.39, 0.29) is 12.4 Å². The summed E-state index contributed by atoms with van der Waals surface area (Å²) in [5, 5.41) is 18.9. The number of hydrogen-bond acceptors (Lipinski definition) is 4. The summed E-state index contributed by atoms with van der Waals surface area (Å²) >= 11 is 3.33. The van der Waals surface area contributed by atoms with Gasteiger partial charge in [0.25, 0.3) is 0 Å². The number of halogens is 1. The Labute approximate surface area is 113 Å². The van der Waals surface area contributed by atoms with Crippen LogP contribution in [0.1, 0.15) is 5.56 Å². The second kappa shape index (κ2) is 5.69. The molecule has 1 unspecified atom stereocenters. The summed E-state index contributed by atoms with van der Waals surface area (Å²) < 4.78 is 6.03. The van der Waals surface area contributed by atoms with E-state index >= 15 is 0 Å². The maximum Gasteiger partial charge on any atom is 0.323 e. The molecule has 0 amide bonds. The van der Waals surface area contributed by atoms with Crippen LogP contribution in [-0.2, 0) is 16.1 Å². The molecular formula is C12H14BrNO4. The van der Waals surface area contributed by atoms with Gasteiger partial charge in [-0.3, -0.25) is 9.69 Å². The molecule has 5 nitrogen and oxygen atoms in total. The molecule has 1 saturated heterocycles. The van der Waals surface area contributed by atoms with Crippen LogP contribution < -0.4 is 0 Å². The highest BCUT2D eigenvalue weighted by molar-refractivity contribution is 9.10. The Morgan fingerprint density at radius 2 is 2.33 bits per heavy atom. The third kappa shape index (κ3) is 3.01. The molecule has 1 aliphatic rings. The zero-order valence-corrected chi connectivity index (χ0v) is 11.3. The van der Waals surface area contributed by atoms with E-state index in [4.69, 9.17) is 9.84 Å². The Morgan fingerprint density at radius 3 is 3.06 bits per heavy atom.